The van der Waals surface area contributed by atoms with Crippen molar-refractivity contribution in [3.05, 3.63) is 53.5 Å². The minimum absolute atomic E-state index is 0.0241. The van der Waals surface area contributed by atoms with Crippen LogP contribution in [0.4, 0.5) is 14.5 Å². The molecule has 0 saturated heterocycles. The average molecular weight is 430 g/mol. The van der Waals surface area contributed by atoms with Crippen LogP contribution in [0.1, 0.15) is 52.9 Å². The van der Waals surface area contributed by atoms with Gasteiger partial charge in [0, 0.05) is 18.0 Å². The predicted molar refractivity (Wildman–Crippen MR) is 119 cm³/mol. The van der Waals surface area contributed by atoms with Crippen LogP contribution in [0.15, 0.2) is 51.9 Å². The second kappa shape index (κ2) is 9.85. The molecule has 0 atom stereocenters. The lowest BCUT2D eigenvalue weighted by atomic mass is 9.83. The number of rotatable bonds is 5. The van der Waals surface area contributed by atoms with Gasteiger partial charge in [0.15, 0.2) is 5.84 Å². The Morgan fingerprint density at radius 1 is 1.32 bits per heavy atom. The summed E-state index contributed by atoms with van der Waals surface area (Å²) >= 11 is 0. The Bertz CT molecular complexity index is 959. The molecular formula is C23H29F2N5O. The molecule has 1 aliphatic heterocycles. The molecule has 166 valence electrons. The molecule has 3 N–H and O–H groups in total. The zero-order chi connectivity index (χ0) is 22.5. The van der Waals surface area contributed by atoms with Gasteiger partial charge in [-0.05, 0) is 64.2 Å². The number of benzene rings is 1. The summed E-state index contributed by atoms with van der Waals surface area (Å²) in [6.07, 6.45) is 7.46. The minimum atomic E-state index is -0.708. The summed E-state index contributed by atoms with van der Waals surface area (Å²) in [7, 11) is 0. The number of nitrogens with zero attached hydrogens (tertiary/aromatic N) is 3. The molecule has 0 radical (unpaired) electrons. The van der Waals surface area contributed by atoms with Crippen molar-refractivity contribution in [3.8, 4) is 0 Å². The number of hydrogen-bond acceptors (Lipinski definition) is 5. The lowest BCUT2D eigenvalue weighted by molar-refractivity contribution is -0.121. The van der Waals surface area contributed by atoms with Crippen LogP contribution in [0.5, 0.6) is 0 Å². The van der Waals surface area contributed by atoms with Crippen LogP contribution in [0.25, 0.3) is 0 Å². The number of nitrogens with two attached hydrogens (primary N) is 1. The van der Waals surface area contributed by atoms with Gasteiger partial charge >= 0.3 is 0 Å². The van der Waals surface area contributed by atoms with E-state index in [0.29, 0.717) is 23.3 Å². The molecule has 1 aromatic rings. The lowest BCUT2D eigenvalue weighted by Crippen LogP contribution is -2.46. The number of amidine groups is 1. The molecule has 0 unspecified atom stereocenters. The number of allylic oxidation sites excluding steroid dienone is 2. The second-order valence-corrected chi connectivity index (χ2v) is 7.82. The van der Waals surface area contributed by atoms with Crippen molar-refractivity contribution in [2.75, 3.05) is 5.32 Å². The van der Waals surface area contributed by atoms with Gasteiger partial charge < -0.3 is 11.1 Å². The molecule has 1 fully saturated rings. The Morgan fingerprint density at radius 2 is 2.03 bits per heavy atom. The standard InChI is InChI=1S/C23H29F2N5O/c1-4-6-21(26)29-22-19(5-2)27-23(28-20-12-9-16(24)13-18(20)25)30(22)17-10-7-15(8-11-17)14(3)31/h5-6,9,12-13,15,17H,4,7-8,10-11,26H2,1-3H3,(H,27,28)/b19-5?,21-6+,29-22+. The highest BCUT2D eigenvalue weighted by Gasteiger charge is 2.37. The molecule has 1 heterocycles. The summed E-state index contributed by atoms with van der Waals surface area (Å²) in [5.74, 6) is 0.287. The molecule has 6 nitrogen and oxygen atoms in total. The number of hydrogen-bond donors (Lipinski definition) is 2. The number of Topliss-reactive ketones (excluding diaryl/α,β-unsaturated/α-hetero) is 1. The molecule has 3 rings (SSSR count). The van der Waals surface area contributed by atoms with Gasteiger partial charge in [0.1, 0.15) is 28.9 Å². The summed E-state index contributed by atoms with van der Waals surface area (Å²) < 4.78 is 27.7. The molecule has 1 aromatic carbocycles. The van der Waals surface area contributed by atoms with Gasteiger partial charge in [-0.25, -0.2) is 18.8 Å². The number of halogens is 2. The first kappa shape index (κ1) is 22.7. The van der Waals surface area contributed by atoms with Gasteiger partial charge in [0.2, 0.25) is 5.96 Å². The SMILES string of the molecule is CC=C1N=C(Nc2ccc(F)cc2F)N(C2CCC(C(C)=O)CC2)/C1=N/C(N)=C/CC. The summed E-state index contributed by atoms with van der Waals surface area (Å²) in [6, 6.07) is 3.38. The Hall–Kier alpha value is -3.03. The quantitative estimate of drug-likeness (QED) is 0.710. The highest BCUT2D eigenvalue weighted by Crippen LogP contribution is 2.32. The summed E-state index contributed by atoms with van der Waals surface area (Å²) in [5.41, 5.74) is 6.81. The topological polar surface area (TPSA) is 83.1 Å². The monoisotopic (exact) mass is 429 g/mol. The Labute approximate surface area is 181 Å². The highest BCUT2D eigenvalue weighted by molar-refractivity contribution is 6.18. The largest absolute Gasteiger partial charge is 0.384 e. The Morgan fingerprint density at radius 3 is 2.61 bits per heavy atom. The van der Waals surface area contributed by atoms with Crippen LogP contribution in [0.2, 0.25) is 0 Å². The van der Waals surface area contributed by atoms with Gasteiger partial charge in [0.05, 0.1) is 5.69 Å². The van der Waals surface area contributed by atoms with Crippen molar-refractivity contribution in [2.24, 2.45) is 21.6 Å². The van der Waals surface area contributed by atoms with E-state index < -0.39 is 11.6 Å². The number of guanidine groups is 1. The molecule has 2 aliphatic rings. The number of aliphatic imine (C=N–C) groups is 2. The van der Waals surface area contributed by atoms with Crippen molar-refractivity contribution in [2.45, 2.75) is 58.9 Å². The van der Waals surface area contributed by atoms with Crippen LogP contribution in [-0.4, -0.2) is 28.5 Å². The molecule has 0 aromatic heterocycles. The van der Waals surface area contributed by atoms with E-state index in [4.69, 9.17) is 5.73 Å². The van der Waals surface area contributed by atoms with E-state index in [2.05, 4.69) is 15.3 Å². The molecule has 1 saturated carbocycles. The lowest BCUT2D eigenvalue weighted by Gasteiger charge is -2.35. The Kier molecular flexibility index (Phi) is 7.20. The molecule has 0 bridgehead atoms. The van der Waals surface area contributed by atoms with Crippen LogP contribution < -0.4 is 11.1 Å². The third-order valence-corrected chi connectivity index (χ3v) is 5.65. The first-order valence-electron chi connectivity index (χ1n) is 10.7. The number of carbonyl (C=O) groups is 1. The smallest absolute Gasteiger partial charge is 0.209 e. The molecule has 0 amide bonds. The van der Waals surface area contributed by atoms with Gasteiger partial charge in [0.25, 0.3) is 0 Å². The van der Waals surface area contributed by atoms with E-state index in [0.717, 1.165) is 38.2 Å². The fraction of sp³-hybridized carbons (Fsp3) is 0.435. The van der Waals surface area contributed by atoms with E-state index >= 15 is 0 Å². The van der Waals surface area contributed by atoms with Crippen LogP contribution in [-0.2, 0) is 4.79 Å². The average Bonchev–Trinajstić information content (AvgIpc) is 3.07. The van der Waals surface area contributed by atoms with Gasteiger partial charge in [-0.15, -0.1) is 0 Å². The third kappa shape index (κ3) is 5.18. The zero-order valence-electron chi connectivity index (χ0n) is 18.2. The van der Waals surface area contributed by atoms with Gasteiger partial charge in [-0.3, -0.25) is 9.69 Å². The fourth-order valence-electron chi connectivity index (χ4n) is 4.01. The normalized spacial score (nSPS) is 24.6. The molecule has 1 aliphatic carbocycles. The third-order valence-electron chi connectivity index (χ3n) is 5.65. The maximum absolute atomic E-state index is 14.3. The zero-order valence-corrected chi connectivity index (χ0v) is 18.2. The maximum atomic E-state index is 14.3. The van der Waals surface area contributed by atoms with E-state index in [1.165, 1.54) is 12.1 Å². The van der Waals surface area contributed by atoms with Crippen LogP contribution in [0.3, 0.4) is 0 Å². The van der Waals surface area contributed by atoms with Crippen LogP contribution in [0, 0.1) is 17.6 Å². The van der Waals surface area contributed by atoms with Crippen molar-refractivity contribution in [1.82, 2.24) is 4.90 Å². The van der Waals surface area contributed by atoms with Crippen molar-refractivity contribution in [1.29, 1.82) is 0 Å². The molecule has 31 heavy (non-hydrogen) atoms. The van der Waals surface area contributed by atoms with Gasteiger partial charge in [-0.1, -0.05) is 13.0 Å². The van der Waals surface area contributed by atoms with E-state index in [1.807, 2.05) is 30.9 Å². The minimum Gasteiger partial charge on any atom is -0.384 e. The number of carbonyl (C=O) groups excluding carboxylic acids is 1. The molecule has 8 heteroatoms. The van der Waals surface area contributed by atoms with E-state index in [1.54, 1.807) is 6.92 Å². The fourth-order valence-corrected chi connectivity index (χ4v) is 4.01. The second-order valence-electron chi connectivity index (χ2n) is 7.82. The van der Waals surface area contributed by atoms with E-state index in [9.17, 15) is 13.6 Å². The Balaban J connectivity index is 1.97. The van der Waals surface area contributed by atoms with Crippen molar-refractivity contribution in [3.63, 3.8) is 0 Å². The van der Waals surface area contributed by atoms with Gasteiger partial charge in [-0.2, -0.15) is 0 Å². The first-order chi connectivity index (χ1) is 14.8. The van der Waals surface area contributed by atoms with Crippen molar-refractivity contribution >= 4 is 23.3 Å². The number of ketones is 1. The van der Waals surface area contributed by atoms with Crippen LogP contribution >= 0.6 is 0 Å². The molecular weight excluding hydrogens is 400 g/mol. The summed E-state index contributed by atoms with van der Waals surface area (Å²) in [6.45, 7) is 5.45. The summed E-state index contributed by atoms with van der Waals surface area (Å²) in [5, 5.41) is 3.00. The van der Waals surface area contributed by atoms with Crippen molar-refractivity contribution < 1.29 is 13.6 Å². The van der Waals surface area contributed by atoms with E-state index in [-0.39, 0.29) is 23.4 Å². The molecule has 0 spiro atoms. The first-order valence-corrected chi connectivity index (χ1v) is 10.7. The number of nitrogens with one attached hydrogen (secondary N) is 1. The number of anilines is 1. The summed E-state index contributed by atoms with van der Waals surface area (Å²) in [4.78, 5) is 23.0. The maximum Gasteiger partial charge on any atom is 0.209 e. The highest BCUT2D eigenvalue weighted by atomic mass is 19.1. The predicted octanol–water partition coefficient (Wildman–Crippen LogP) is 4.71.